The molecular weight excluding hydrogens is 368 g/mol. The quantitative estimate of drug-likeness (QED) is 0.475. The van der Waals surface area contributed by atoms with Crippen LogP contribution >= 0.6 is 0 Å². The average Bonchev–Trinajstić information content (AvgIpc) is 3.22. The molecule has 0 radical (unpaired) electrons. The zero-order chi connectivity index (χ0) is 20.2. The molecule has 2 heterocycles. The predicted molar refractivity (Wildman–Crippen MR) is 109 cm³/mol. The third-order valence-electron chi connectivity index (χ3n) is 4.66. The van der Waals surface area contributed by atoms with Gasteiger partial charge in [0.05, 0.1) is 29.3 Å². The van der Waals surface area contributed by atoms with E-state index in [2.05, 4.69) is 10.1 Å². The summed E-state index contributed by atoms with van der Waals surface area (Å²) >= 11 is 0. The fraction of sp³-hybridized carbons (Fsp3) is 0.182. The van der Waals surface area contributed by atoms with E-state index in [0.29, 0.717) is 16.6 Å². The van der Waals surface area contributed by atoms with E-state index in [9.17, 15) is 9.59 Å². The van der Waals surface area contributed by atoms with E-state index in [1.165, 1.54) is 10.9 Å². The highest BCUT2D eigenvalue weighted by atomic mass is 16.5. The van der Waals surface area contributed by atoms with Gasteiger partial charge in [0, 0.05) is 12.7 Å². The Morgan fingerprint density at radius 3 is 2.72 bits per heavy atom. The van der Waals surface area contributed by atoms with Crippen LogP contribution in [-0.4, -0.2) is 25.3 Å². The van der Waals surface area contributed by atoms with Crippen LogP contribution < -0.4 is 5.56 Å². The summed E-state index contributed by atoms with van der Waals surface area (Å²) in [6.07, 6.45) is 3.38. The first-order chi connectivity index (χ1) is 14.1. The van der Waals surface area contributed by atoms with E-state index in [0.717, 1.165) is 11.3 Å². The van der Waals surface area contributed by atoms with Gasteiger partial charge >= 0.3 is 5.97 Å². The number of fused-ring (bicyclic) bond motifs is 1. The molecule has 2 aromatic heterocycles. The van der Waals surface area contributed by atoms with Crippen LogP contribution in [0.2, 0.25) is 0 Å². The van der Waals surface area contributed by atoms with Crippen molar-refractivity contribution in [1.82, 2.24) is 19.3 Å². The Balaban J connectivity index is 1.35. The lowest BCUT2D eigenvalue weighted by Crippen LogP contribution is -2.22. The molecule has 0 atom stereocenters. The lowest BCUT2D eigenvalue weighted by molar-refractivity contribution is -0.145. The Morgan fingerprint density at radius 2 is 1.90 bits per heavy atom. The van der Waals surface area contributed by atoms with Gasteiger partial charge in [-0.05, 0) is 36.8 Å². The van der Waals surface area contributed by atoms with Crippen LogP contribution in [0.4, 0.5) is 0 Å². The Bertz CT molecular complexity index is 1210. The van der Waals surface area contributed by atoms with Gasteiger partial charge in [-0.25, -0.2) is 9.67 Å². The van der Waals surface area contributed by atoms with E-state index >= 15 is 0 Å². The molecule has 0 aliphatic heterocycles. The maximum atomic E-state index is 12.6. The van der Waals surface area contributed by atoms with Gasteiger partial charge in [0.25, 0.3) is 5.56 Å². The molecule has 0 amide bonds. The first-order valence-electron chi connectivity index (χ1n) is 9.32. The topological polar surface area (TPSA) is 79.0 Å². The number of carbonyl (C=O) groups excluding carboxylic acids is 1. The Labute approximate surface area is 167 Å². The largest absolute Gasteiger partial charge is 0.459 e. The minimum absolute atomic E-state index is 0.0816. The Morgan fingerprint density at radius 1 is 1.07 bits per heavy atom. The number of aryl methyl sites for hydroxylation is 2. The van der Waals surface area contributed by atoms with Crippen molar-refractivity contribution < 1.29 is 9.53 Å². The van der Waals surface area contributed by atoms with E-state index in [1.807, 2.05) is 55.6 Å². The highest BCUT2D eigenvalue weighted by molar-refractivity contribution is 5.80. The first kappa shape index (κ1) is 18.6. The molecule has 0 bridgehead atoms. The molecule has 0 fully saturated rings. The maximum Gasteiger partial charge on any atom is 0.307 e. The van der Waals surface area contributed by atoms with Crippen LogP contribution in [0.3, 0.4) is 0 Å². The van der Waals surface area contributed by atoms with Crippen molar-refractivity contribution in [3.63, 3.8) is 0 Å². The highest BCUT2D eigenvalue weighted by Crippen LogP contribution is 2.11. The summed E-state index contributed by atoms with van der Waals surface area (Å²) in [7, 11) is 0. The maximum absolute atomic E-state index is 12.6. The number of hydrogen-bond acceptors (Lipinski definition) is 5. The predicted octanol–water partition coefficient (Wildman–Crippen LogP) is 3.02. The molecule has 29 heavy (non-hydrogen) atoms. The van der Waals surface area contributed by atoms with Crippen LogP contribution in [0.25, 0.3) is 16.6 Å². The summed E-state index contributed by atoms with van der Waals surface area (Å²) < 4.78 is 8.46. The second-order valence-corrected chi connectivity index (χ2v) is 6.71. The van der Waals surface area contributed by atoms with Gasteiger partial charge < -0.3 is 4.74 Å². The van der Waals surface area contributed by atoms with Crippen molar-refractivity contribution in [2.75, 3.05) is 0 Å². The number of benzene rings is 2. The van der Waals surface area contributed by atoms with E-state index < -0.39 is 5.97 Å². The summed E-state index contributed by atoms with van der Waals surface area (Å²) in [5.41, 5.74) is 3.06. The van der Waals surface area contributed by atoms with Gasteiger partial charge in [0.15, 0.2) is 0 Å². The minimum Gasteiger partial charge on any atom is -0.459 e. The zero-order valence-electron chi connectivity index (χ0n) is 16.0. The lowest BCUT2D eigenvalue weighted by Gasteiger charge is -2.08. The van der Waals surface area contributed by atoms with Crippen LogP contribution in [0.1, 0.15) is 17.7 Å². The fourth-order valence-corrected chi connectivity index (χ4v) is 3.10. The van der Waals surface area contributed by atoms with Gasteiger partial charge in [-0.15, -0.1) is 0 Å². The van der Waals surface area contributed by atoms with E-state index in [4.69, 9.17) is 4.74 Å². The zero-order valence-corrected chi connectivity index (χ0v) is 16.0. The molecule has 0 aliphatic carbocycles. The van der Waals surface area contributed by atoms with E-state index in [1.54, 1.807) is 16.8 Å². The molecular formula is C22H20N4O3. The third kappa shape index (κ3) is 4.08. The number of nitrogens with zero attached hydrogens (tertiary/aromatic N) is 4. The van der Waals surface area contributed by atoms with Gasteiger partial charge in [0.2, 0.25) is 0 Å². The molecule has 7 heteroatoms. The van der Waals surface area contributed by atoms with Gasteiger partial charge in [-0.2, -0.15) is 5.10 Å². The number of rotatable bonds is 6. The van der Waals surface area contributed by atoms with Crippen molar-refractivity contribution in [2.45, 2.75) is 26.5 Å². The number of para-hydroxylation sites is 2. The molecule has 146 valence electrons. The second kappa shape index (κ2) is 8.10. The van der Waals surface area contributed by atoms with E-state index in [-0.39, 0.29) is 25.1 Å². The summed E-state index contributed by atoms with van der Waals surface area (Å²) in [5, 5.41) is 4.95. The molecule has 0 saturated carbocycles. The third-order valence-corrected chi connectivity index (χ3v) is 4.66. The lowest BCUT2D eigenvalue weighted by atomic mass is 10.1. The van der Waals surface area contributed by atoms with Gasteiger partial charge in [-0.3, -0.25) is 14.2 Å². The normalized spacial score (nSPS) is 10.9. The summed E-state index contributed by atoms with van der Waals surface area (Å²) in [6, 6.07) is 17.0. The molecule has 2 aromatic carbocycles. The SMILES string of the molecule is Cc1cccc2c(=O)n(CCC(=O)OCc3ccn(-c4ccccc4)n3)cnc12. The number of ether oxygens (including phenoxy) is 1. The van der Waals surface area contributed by atoms with Crippen molar-refractivity contribution in [1.29, 1.82) is 0 Å². The van der Waals surface area contributed by atoms with Crippen molar-refractivity contribution >= 4 is 16.9 Å². The number of aromatic nitrogens is 4. The summed E-state index contributed by atoms with van der Waals surface area (Å²) in [5.74, 6) is -0.393. The van der Waals surface area contributed by atoms with Gasteiger partial charge in [0.1, 0.15) is 12.3 Å². The van der Waals surface area contributed by atoms with Crippen LogP contribution in [0.5, 0.6) is 0 Å². The Hall–Kier alpha value is -3.74. The molecule has 0 saturated heterocycles. The molecule has 4 aromatic rings. The number of esters is 1. The smallest absolute Gasteiger partial charge is 0.307 e. The summed E-state index contributed by atoms with van der Waals surface area (Å²) in [6.45, 7) is 2.21. The molecule has 0 N–H and O–H groups in total. The van der Waals surface area contributed by atoms with Crippen molar-refractivity contribution in [3.8, 4) is 5.69 Å². The minimum atomic E-state index is -0.393. The van der Waals surface area contributed by atoms with Crippen LogP contribution in [0, 0.1) is 6.92 Å². The van der Waals surface area contributed by atoms with Crippen LogP contribution in [-0.2, 0) is 22.7 Å². The molecule has 7 nitrogen and oxygen atoms in total. The van der Waals surface area contributed by atoms with Crippen LogP contribution in [0.15, 0.2) is 71.9 Å². The molecule has 0 spiro atoms. The highest BCUT2D eigenvalue weighted by Gasteiger charge is 2.10. The Kier molecular flexibility index (Phi) is 5.20. The standard InChI is InChI=1S/C22H20N4O3/c1-16-6-5-9-19-21(16)23-15-25(22(19)28)12-11-20(27)29-14-17-10-13-26(24-17)18-7-3-2-4-8-18/h2-10,13,15H,11-12,14H2,1H3. The fourth-order valence-electron chi connectivity index (χ4n) is 3.10. The van der Waals surface area contributed by atoms with Gasteiger partial charge in [-0.1, -0.05) is 30.3 Å². The molecule has 0 unspecified atom stereocenters. The first-order valence-corrected chi connectivity index (χ1v) is 9.32. The average molecular weight is 388 g/mol. The molecule has 0 aliphatic rings. The number of hydrogen-bond donors (Lipinski definition) is 0. The molecule has 4 rings (SSSR count). The van der Waals surface area contributed by atoms with Crippen molar-refractivity contribution in [2.24, 2.45) is 0 Å². The van der Waals surface area contributed by atoms with Crippen molar-refractivity contribution in [3.05, 3.63) is 88.7 Å². The number of carbonyl (C=O) groups is 1. The monoisotopic (exact) mass is 388 g/mol. The summed E-state index contributed by atoms with van der Waals surface area (Å²) in [4.78, 5) is 29.0. The second-order valence-electron chi connectivity index (χ2n) is 6.71.